The zero-order valence-corrected chi connectivity index (χ0v) is 48.8. The van der Waals surface area contributed by atoms with Gasteiger partial charge in [-0.1, -0.05) is 298 Å². The molecule has 0 heterocycles. The Morgan fingerprint density at radius 1 is 0.297 bits per heavy atom. The molecule has 0 radical (unpaired) electrons. The maximum atomic E-state index is 12.7. The molecule has 0 aromatic rings. The minimum Gasteiger partial charge on any atom is -0.462 e. The third-order valence-corrected chi connectivity index (χ3v) is 13.7. The summed E-state index contributed by atoms with van der Waals surface area (Å²) in [6.07, 6.45) is 82.3. The molecule has 6 heteroatoms. The molecule has 0 amide bonds. The van der Waals surface area contributed by atoms with Crippen molar-refractivity contribution >= 4 is 17.9 Å². The Kier molecular flexibility index (Phi) is 59.3. The molecule has 0 aliphatic heterocycles. The van der Waals surface area contributed by atoms with Crippen molar-refractivity contribution in [2.75, 3.05) is 13.2 Å². The molecule has 0 N–H and O–H groups in total. The van der Waals surface area contributed by atoms with Crippen LogP contribution < -0.4 is 0 Å². The van der Waals surface area contributed by atoms with Gasteiger partial charge in [0.25, 0.3) is 0 Å². The zero-order chi connectivity index (χ0) is 53.6. The molecule has 0 aliphatic carbocycles. The molecule has 0 fully saturated rings. The van der Waals surface area contributed by atoms with Crippen LogP contribution in [0.25, 0.3) is 0 Å². The van der Waals surface area contributed by atoms with Gasteiger partial charge in [-0.15, -0.1) is 0 Å². The number of carbonyl (C=O) groups excluding carboxylic acids is 3. The summed E-state index contributed by atoms with van der Waals surface area (Å²) in [6.45, 7) is 6.42. The summed E-state index contributed by atoms with van der Waals surface area (Å²) in [4.78, 5) is 37.9. The van der Waals surface area contributed by atoms with Crippen molar-refractivity contribution in [3.05, 3.63) is 85.1 Å². The largest absolute Gasteiger partial charge is 0.462 e. The van der Waals surface area contributed by atoms with Gasteiger partial charge in [0.05, 0.1) is 6.42 Å². The lowest BCUT2D eigenvalue weighted by Gasteiger charge is -2.18. The van der Waals surface area contributed by atoms with Crippen LogP contribution in [0.15, 0.2) is 85.1 Å². The third-order valence-electron chi connectivity index (χ3n) is 13.7. The first kappa shape index (κ1) is 70.6. The van der Waals surface area contributed by atoms with Gasteiger partial charge >= 0.3 is 17.9 Å². The van der Waals surface area contributed by atoms with E-state index in [4.69, 9.17) is 14.2 Å². The van der Waals surface area contributed by atoms with Crippen molar-refractivity contribution in [1.29, 1.82) is 0 Å². The van der Waals surface area contributed by atoms with E-state index >= 15 is 0 Å². The van der Waals surface area contributed by atoms with E-state index in [0.717, 1.165) is 77.0 Å². The summed E-state index contributed by atoms with van der Waals surface area (Å²) >= 11 is 0. The third kappa shape index (κ3) is 59.5. The molecular weight excluding hydrogens is 913 g/mol. The normalized spacial score (nSPS) is 12.6. The van der Waals surface area contributed by atoms with Crippen LogP contribution in [0.5, 0.6) is 0 Å². The zero-order valence-electron chi connectivity index (χ0n) is 48.8. The molecule has 0 aliphatic rings. The van der Waals surface area contributed by atoms with E-state index in [-0.39, 0.29) is 31.6 Å². The van der Waals surface area contributed by atoms with E-state index in [1.165, 1.54) is 193 Å². The fourth-order valence-electron chi connectivity index (χ4n) is 8.96. The molecule has 1 atom stereocenters. The van der Waals surface area contributed by atoms with Gasteiger partial charge in [0.2, 0.25) is 0 Å². The molecule has 0 saturated carbocycles. The summed E-state index contributed by atoms with van der Waals surface area (Å²) < 4.78 is 16.7. The monoisotopic (exact) mass is 1030 g/mol. The standard InChI is InChI=1S/C68H118O6/c1-4-7-10-13-16-19-21-23-25-26-27-28-29-30-31-32-33-34-35-36-37-38-39-40-41-42-44-45-47-49-52-55-58-61-67(70)73-64-65(63-72-66(69)60-57-54-51-18-15-12-9-6-3)74-68(71)62-59-56-53-50-48-46-43-24-22-20-17-14-11-8-5-2/h8,11,17,20-21,23-24,26-27,43,48,50,56,59,65H,4-7,9-10,12-16,18-19,22,25,28-42,44-47,49,51-55,57-58,60-64H2,1-3H3/b11-8-,20-17-,23-21-,27-26-,43-24-,50-48-,59-56-. The SMILES string of the molecule is CC/C=C\C/C=C\C/C=C\C/C=C\C/C=C\CC(=O)OC(COC(=O)CCCCCCCCCC)COC(=O)CCCCCCCCCCCCCCCCCCCCCCC/C=C\C/C=C\CCCCCCC. The van der Waals surface area contributed by atoms with Crippen molar-refractivity contribution in [2.24, 2.45) is 0 Å². The molecular formula is C68H118O6. The molecule has 0 aromatic carbocycles. The lowest BCUT2D eigenvalue weighted by atomic mass is 10.0. The Bertz CT molecular complexity index is 1420. The van der Waals surface area contributed by atoms with Crippen LogP contribution in [0.4, 0.5) is 0 Å². The first-order valence-corrected chi connectivity index (χ1v) is 31.6. The first-order chi connectivity index (χ1) is 36.5. The molecule has 0 saturated heterocycles. The molecule has 6 nitrogen and oxygen atoms in total. The number of unbranched alkanes of at least 4 members (excludes halogenated alkanes) is 33. The Labute approximate surface area is 458 Å². The molecule has 0 rings (SSSR count). The fourth-order valence-corrected chi connectivity index (χ4v) is 8.96. The highest BCUT2D eigenvalue weighted by molar-refractivity contribution is 5.72. The van der Waals surface area contributed by atoms with Gasteiger partial charge in [-0.25, -0.2) is 0 Å². The van der Waals surface area contributed by atoms with Crippen LogP contribution in [0.3, 0.4) is 0 Å². The Balaban J connectivity index is 4.06. The van der Waals surface area contributed by atoms with E-state index in [2.05, 4.69) is 93.7 Å². The predicted octanol–water partition coefficient (Wildman–Crippen LogP) is 21.5. The van der Waals surface area contributed by atoms with Crippen molar-refractivity contribution < 1.29 is 28.6 Å². The van der Waals surface area contributed by atoms with Crippen LogP contribution in [-0.4, -0.2) is 37.2 Å². The average Bonchev–Trinajstić information content (AvgIpc) is 3.40. The Morgan fingerprint density at radius 3 is 0.892 bits per heavy atom. The maximum Gasteiger partial charge on any atom is 0.310 e. The highest BCUT2D eigenvalue weighted by atomic mass is 16.6. The first-order valence-electron chi connectivity index (χ1n) is 31.6. The van der Waals surface area contributed by atoms with E-state index in [0.29, 0.717) is 12.8 Å². The summed E-state index contributed by atoms with van der Waals surface area (Å²) in [5.41, 5.74) is 0. The lowest BCUT2D eigenvalue weighted by molar-refractivity contribution is -0.166. The van der Waals surface area contributed by atoms with Crippen molar-refractivity contribution in [2.45, 2.75) is 316 Å². The highest BCUT2D eigenvalue weighted by Crippen LogP contribution is 2.17. The predicted molar refractivity (Wildman–Crippen MR) is 321 cm³/mol. The van der Waals surface area contributed by atoms with Crippen LogP contribution in [0.2, 0.25) is 0 Å². The quantitative estimate of drug-likeness (QED) is 0.0261. The molecule has 0 spiro atoms. The summed E-state index contributed by atoms with van der Waals surface area (Å²) in [6, 6.07) is 0. The molecule has 0 bridgehead atoms. The van der Waals surface area contributed by atoms with Gasteiger partial charge in [0.15, 0.2) is 6.10 Å². The topological polar surface area (TPSA) is 78.9 Å². The lowest BCUT2D eigenvalue weighted by Crippen LogP contribution is -2.30. The second-order valence-electron chi connectivity index (χ2n) is 21.0. The minimum atomic E-state index is -0.826. The number of carbonyl (C=O) groups is 3. The van der Waals surface area contributed by atoms with Gasteiger partial charge in [-0.2, -0.15) is 0 Å². The van der Waals surface area contributed by atoms with Crippen LogP contribution in [-0.2, 0) is 28.6 Å². The minimum absolute atomic E-state index is 0.0992. The number of esters is 3. The maximum absolute atomic E-state index is 12.7. The second-order valence-corrected chi connectivity index (χ2v) is 21.0. The second kappa shape index (κ2) is 62.1. The Hall–Kier alpha value is -3.41. The van der Waals surface area contributed by atoms with Gasteiger partial charge in [0.1, 0.15) is 13.2 Å². The molecule has 426 valence electrons. The van der Waals surface area contributed by atoms with Gasteiger partial charge in [-0.05, 0) is 77.0 Å². The fraction of sp³-hybridized carbons (Fsp3) is 0.750. The number of allylic oxidation sites excluding steroid dienone is 13. The van der Waals surface area contributed by atoms with Gasteiger partial charge < -0.3 is 14.2 Å². The van der Waals surface area contributed by atoms with Crippen LogP contribution in [0.1, 0.15) is 310 Å². The van der Waals surface area contributed by atoms with E-state index < -0.39 is 12.1 Å². The number of ether oxygens (including phenoxy) is 3. The summed E-state index contributed by atoms with van der Waals surface area (Å²) in [5, 5.41) is 0. The molecule has 1 unspecified atom stereocenters. The highest BCUT2D eigenvalue weighted by Gasteiger charge is 2.19. The smallest absolute Gasteiger partial charge is 0.310 e. The molecule has 0 aromatic heterocycles. The number of hydrogen-bond donors (Lipinski definition) is 0. The van der Waals surface area contributed by atoms with E-state index in [1.807, 2.05) is 6.08 Å². The van der Waals surface area contributed by atoms with Gasteiger partial charge in [-0.3, -0.25) is 14.4 Å². The van der Waals surface area contributed by atoms with Crippen LogP contribution >= 0.6 is 0 Å². The summed E-state index contributed by atoms with van der Waals surface area (Å²) in [7, 11) is 0. The van der Waals surface area contributed by atoms with E-state index in [1.54, 1.807) is 6.08 Å². The van der Waals surface area contributed by atoms with Crippen molar-refractivity contribution in [3.8, 4) is 0 Å². The number of rotatable bonds is 57. The summed E-state index contributed by atoms with van der Waals surface area (Å²) in [5.74, 6) is -1.04. The average molecular weight is 1030 g/mol. The molecule has 74 heavy (non-hydrogen) atoms. The Morgan fingerprint density at radius 2 is 0.568 bits per heavy atom. The van der Waals surface area contributed by atoms with Crippen molar-refractivity contribution in [1.82, 2.24) is 0 Å². The van der Waals surface area contributed by atoms with Crippen LogP contribution in [0, 0.1) is 0 Å². The number of hydrogen-bond acceptors (Lipinski definition) is 6. The van der Waals surface area contributed by atoms with Gasteiger partial charge in [0, 0.05) is 12.8 Å². The van der Waals surface area contributed by atoms with E-state index in [9.17, 15) is 14.4 Å². The van der Waals surface area contributed by atoms with Crippen molar-refractivity contribution in [3.63, 3.8) is 0 Å².